The lowest BCUT2D eigenvalue weighted by Crippen LogP contribution is -2.02. The van der Waals surface area contributed by atoms with Gasteiger partial charge in [-0.15, -0.1) is 0 Å². The van der Waals surface area contributed by atoms with E-state index in [0.717, 1.165) is 5.92 Å². The number of hydrogen-bond donors (Lipinski definition) is 0. The molecule has 0 radical (unpaired) electrons. The Bertz CT molecular complexity index is 131. The van der Waals surface area contributed by atoms with Gasteiger partial charge in [-0.3, -0.25) is 0 Å². The van der Waals surface area contributed by atoms with Crippen molar-refractivity contribution in [3.05, 3.63) is 24.3 Å². The largest absolute Gasteiger partial charge is 0.0998 e. The van der Waals surface area contributed by atoms with Gasteiger partial charge in [-0.1, -0.05) is 24.3 Å². The highest BCUT2D eigenvalue weighted by Crippen LogP contribution is 2.23. The monoisotopic (exact) mass is 122 g/mol. The average Bonchev–Trinajstić information content (AvgIpc) is 1.90. The van der Waals surface area contributed by atoms with E-state index in [2.05, 4.69) is 25.7 Å². The molecule has 9 heavy (non-hydrogen) atoms. The first-order valence-electron chi connectivity index (χ1n) is 3.61. The summed E-state index contributed by atoms with van der Waals surface area (Å²) in [7, 11) is 0. The first-order valence-corrected chi connectivity index (χ1v) is 3.61. The molecule has 0 fully saturated rings. The molecule has 1 rings (SSSR count). The highest BCUT2D eigenvalue weighted by Gasteiger charge is 2.08. The summed E-state index contributed by atoms with van der Waals surface area (Å²) in [4.78, 5) is 0. The molecule has 0 aromatic rings. The third-order valence-electron chi connectivity index (χ3n) is 1.97. The van der Waals surface area contributed by atoms with Crippen LogP contribution in [0.15, 0.2) is 24.3 Å². The molecular weight excluding hydrogens is 108 g/mol. The van der Waals surface area contributed by atoms with Crippen LogP contribution in [0.2, 0.25) is 0 Å². The van der Waals surface area contributed by atoms with E-state index in [1.165, 1.54) is 24.8 Å². The van der Waals surface area contributed by atoms with Gasteiger partial charge in [0.05, 0.1) is 0 Å². The minimum Gasteiger partial charge on any atom is -0.0998 e. The molecule has 0 aliphatic heterocycles. The maximum Gasteiger partial charge on any atom is -0.0171 e. The SMILES string of the molecule is C=C(C)C1CC=CCC1. The average molecular weight is 122 g/mol. The molecule has 1 aliphatic carbocycles. The number of allylic oxidation sites excluding steroid dienone is 3. The molecule has 0 aromatic carbocycles. The van der Waals surface area contributed by atoms with E-state index in [9.17, 15) is 0 Å². The zero-order chi connectivity index (χ0) is 6.69. The van der Waals surface area contributed by atoms with Gasteiger partial charge >= 0.3 is 0 Å². The van der Waals surface area contributed by atoms with Crippen LogP contribution in [0.3, 0.4) is 0 Å². The van der Waals surface area contributed by atoms with Crippen molar-refractivity contribution < 1.29 is 0 Å². The van der Waals surface area contributed by atoms with Gasteiger partial charge in [-0.05, 0) is 32.1 Å². The summed E-state index contributed by atoms with van der Waals surface area (Å²) in [6.45, 7) is 6.07. The minimum absolute atomic E-state index is 0.773. The minimum atomic E-state index is 0.773. The summed E-state index contributed by atoms with van der Waals surface area (Å²) < 4.78 is 0. The van der Waals surface area contributed by atoms with E-state index in [1.807, 2.05) is 0 Å². The van der Waals surface area contributed by atoms with Gasteiger partial charge in [-0.2, -0.15) is 0 Å². The lowest BCUT2D eigenvalue weighted by Gasteiger charge is -2.16. The normalized spacial score (nSPS) is 26.1. The first kappa shape index (κ1) is 6.60. The molecular formula is C9H14. The Balaban J connectivity index is 2.44. The molecule has 50 valence electrons. The van der Waals surface area contributed by atoms with Gasteiger partial charge in [0.1, 0.15) is 0 Å². The summed E-state index contributed by atoms with van der Waals surface area (Å²) in [5, 5.41) is 0. The molecule has 0 N–H and O–H groups in total. The van der Waals surface area contributed by atoms with Crippen LogP contribution in [0.4, 0.5) is 0 Å². The Hall–Kier alpha value is -0.520. The zero-order valence-electron chi connectivity index (χ0n) is 6.06. The van der Waals surface area contributed by atoms with E-state index >= 15 is 0 Å². The van der Waals surface area contributed by atoms with Crippen LogP contribution in [-0.2, 0) is 0 Å². The molecule has 1 atom stereocenters. The van der Waals surface area contributed by atoms with Crippen molar-refractivity contribution in [3.63, 3.8) is 0 Å². The van der Waals surface area contributed by atoms with E-state index in [4.69, 9.17) is 0 Å². The molecule has 0 bridgehead atoms. The summed E-state index contributed by atoms with van der Waals surface area (Å²) >= 11 is 0. The van der Waals surface area contributed by atoms with E-state index in [-0.39, 0.29) is 0 Å². The van der Waals surface area contributed by atoms with Crippen molar-refractivity contribution in [1.82, 2.24) is 0 Å². The van der Waals surface area contributed by atoms with Crippen molar-refractivity contribution in [1.29, 1.82) is 0 Å². The van der Waals surface area contributed by atoms with Gasteiger partial charge < -0.3 is 0 Å². The predicted octanol–water partition coefficient (Wildman–Crippen LogP) is 2.92. The molecule has 0 spiro atoms. The Morgan fingerprint density at radius 1 is 1.56 bits per heavy atom. The van der Waals surface area contributed by atoms with E-state index in [1.54, 1.807) is 0 Å². The second-order valence-electron chi connectivity index (χ2n) is 2.83. The topological polar surface area (TPSA) is 0 Å². The predicted molar refractivity (Wildman–Crippen MR) is 41.3 cm³/mol. The zero-order valence-corrected chi connectivity index (χ0v) is 6.06. The fraction of sp³-hybridized carbons (Fsp3) is 0.556. The van der Waals surface area contributed by atoms with Crippen LogP contribution in [-0.4, -0.2) is 0 Å². The highest BCUT2D eigenvalue weighted by molar-refractivity contribution is 5.03. The molecule has 0 saturated carbocycles. The first-order chi connectivity index (χ1) is 4.30. The van der Waals surface area contributed by atoms with Gasteiger partial charge in [0.25, 0.3) is 0 Å². The molecule has 1 aliphatic rings. The Morgan fingerprint density at radius 2 is 2.33 bits per heavy atom. The Morgan fingerprint density at radius 3 is 2.67 bits per heavy atom. The van der Waals surface area contributed by atoms with E-state index < -0.39 is 0 Å². The third-order valence-corrected chi connectivity index (χ3v) is 1.97. The maximum atomic E-state index is 3.94. The number of rotatable bonds is 1. The van der Waals surface area contributed by atoms with Crippen molar-refractivity contribution >= 4 is 0 Å². The van der Waals surface area contributed by atoms with Crippen molar-refractivity contribution in [3.8, 4) is 0 Å². The lowest BCUT2D eigenvalue weighted by atomic mass is 9.89. The van der Waals surface area contributed by atoms with Crippen LogP contribution in [0.5, 0.6) is 0 Å². The summed E-state index contributed by atoms with van der Waals surface area (Å²) in [5.74, 6) is 0.773. The molecule has 0 heterocycles. The summed E-state index contributed by atoms with van der Waals surface area (Å²) in [6, 6.07) is 0. The molecule has 0 nitrogen and oxygen atoms in total. The second kappa shape index (κ2) is 2.86. The number of hydrogen-bond acceptors (Lipinski definition) is 0. The Labute approximate surface area is 57.3 Å². The van der Waals surface area contributed by atoms with Crippen molar-refractivity contribution in [2.24, 2.45) is 5.92 Å². The Kier molecular flexibility index (Phi) is 2.10. The maximum absolute atomic E-state index is 3.94. The molecule has 0 amide bonds. The summed E-state index contributed by atoms with van der Waals surface area (Å²) in [5.41, 5.74) is 1.35. The van der Waals surface area contributed by atoms with Crippen molar-refractivity contribution in [2.75, 3.05) is 0 Å². The van der Waals surface area contributed by atoms with Gasteiger partial charge in [0, 0.05) is 0 Å². The van der Waals surface area contributed by atoms with Gasteiger partial charge in [0.15, 0.2) is 0 Å². The van der Waals surface area contributed by atoms with E-state index in [0.29, 0.717) is 0 Å². The fourth-order valence-electron chi connectivity index (χ4n) is 1.24. The smallest absolute Gasteiger partial charge is 0.0171 e. The van der Waals surface area contributed by atoms with Crippen LogP contribution < -0.4 is 0 Å². The van der Waals surface area contributed by atoms with Gasteiger partial charge in [0.2, 0.25) is 0 Å². The standard InChI is InChI=1S/C9H14/c1-8(2)9-6-4-3-5-7-9/h3-4,9H,1,5-7H2,2H3. The second-order valence-corrected chi connectivity index (χ2v) is 2.83. The molecule has 0 heteroatoms. The third kappa shape index (κ3) is 1.70. The lowest BCUT2D eigenvalue weighted by molar-refractivity contribution is 0.555. The fourth-order valence-corrected chi connectivity index (χ4v) is 1.24. The highest BCUT2D eigenvalue weighted by atomic mass is 14.1. The summed E-state index contributed by atoms with van der Waals surface area (Å²) in [6.07, 6.45) is 8.31. The molecule has 1 unspecified atom stereocenters. The molecule has 0 aromatic heterocycles. The molecule has 0 saturated heterocycles. The quantitative estimate of drug-likeness (QED) is 0.469. The van der Waals surface area contributed by atoms with Crippen LogP contribution >= 0.6 is 0 Å². The van der Waals surface area contributed by atoms with Crippen LogP contribution in [0.25, 0.3) is 0 Å². The van der Waals surface area contributed by atoms with Gasteiger partial charge in [-0.25, -0.2) is 0 Å². The van der Waals surface area contributed by atoms with Crippen LogP contribution in [0.1, 0.15) is 26.2 Å². The van der Waals surface area contributed by atoms with Crippen molar-refractivity contribution in [2.45, 2.75) is 26.2 Å². The van der Waals surface area contributed by atoms with Crippen LogP contribution in [0, 0.1) is 5.92 Å².